The van der Waals surface area contributed by atoms with Gasteiger partial charge < -0.3 is 19.9 Å². The summed E-state index contributed by atoms with van der Waals surface area (Å²) in [6, 6.07) is 9.02. The fourth-order valence-corrected chi connectivity index (χ4v) is 4.25. The van der Waals surface area contributed by atoms with Crippen molar-refractivity contribution in [1.29, 1.82) is 0 Å². The van der Waals surface area contributed by atoms with Crippen molar-refractivity contribution in [2.24, 2.45) is 0 Å². The highest BCUT2D eigenvalue weighted by Gasteiger charge is 2.38. The number of carbonyl (C=O) groups excluding carboxylic acids is 2. The van der Waals surface area contributed by atoms with Crippen LogP contribution in [0.15, 0.2) is 48.5 Å². The van der Waals surface area contributed by atoms with E-state index in [0.29, 0.717) is 0 Å². The number of hydrogen-bond donors (Lipinski definition) is 1. The van der Waals surface area contributed by atoms with E-state index in [1.807, 2.05) is 0 Å². The standard InChI is InChI=1S/C24H17F6N5O3/c25-23(26,27)15-5-2-1-4-13(15)22(37)35-10-8-34(9-11-35)18-12-14-20(36)31-19-16(24(28,29)30)6-3-7-17(19)38-21(14)33-32-18/h1-7,12H,8-11H2,(H,31,36). The number of alkyl halides is 6. The minimum Gasteiger partial charge on any atom is -0.435 e. The number of para-hydroxylation sites is 1. The minimum atomic E-state index is -4.74. The second kappa shape index (κ2) is 9.19. The Morgan fingerprint density at radius 3 is 2.21 bits per heavy atom. The van der Waals surface area contributed by atoms with Gasteiger partial charge in [-0.3, -0.25) is 9.59 Å². The van der Waals surface area contributed by atoms with Crippen molar-refractivity contribution in [2.75, 3.05) is 36.4 Å². The SMILES string of the molecule is O=C1Nc2c(cccc2C(F)(F)F)Oc2nnc(N3CCN(C(=O)c4ccccc4C(F)(F)F)CC3)cc21. The number of carbonyl (C=O) groups is 2. The first kappa shape index (κ1) is 25.3. The molecule has 2 amide bonds. The van der Waals surface area contributed by atoms with Crippen molar-refractivity contribution >= 4 is 23.3 Å². The van der Waals surface area contributed by atoms with Crippen LogP contribution in [0, 0.1) is 0 Å². The van der Waals surface area contributed by atoms with Gasteiger partial charge in [0, 0.05) is 32.2 Å². The third-order valence-corrected chi connectivity index (χ3v) is 6.12. The molecular formula is C24H17F6N5O3. The van der Waals surface area contributed by atoms with Crippen LogP contribution in [0.4, 0.5) is 37.8 Å². The number of rotatable bonds is 2. The molecule has 2 aliphatic heterocycles. The Kier molecular flexibility index (Phi) is 6.12. The number of aromatic nitrogens is 2. The number of ether oxygens (including phenoxy) is 1. The average Bonchev–Trinajstić information content (AvgIpc) is 3.02. The van der Waals surface area contributed by atoms with Crippen molar-refractivity contribution in [2.45, 2.75) is 12.4 Å². The van der Waals surface area contributed by atoms with Crippen molar-refractivity contribution in [3.63, 3.8) is 0 Å². The van der Waals surface area contributed by atoms with Crippen molar-refractivity contribution in [1.82, 2.24) is 15.1 Å². The lowest BCUT2D eigenvalue weighted by Crippen LogP contribution is -2.49. The molecule has 0 atom stereocenters. The largest absolute Gasteiger partial charge is 0.435 e. The maximum Gasteiger partial charge on any atom is 0.418 e. The summed E-state index contributed by atoms with van der Waals surface area (Å²) in [4.78, 5) is 28.6. The third-order valence-electron chi connectivity index (χ3n) is 6.12. The molecule has 198 valence electrons. The van der Waals surface area contributed by atoms with Crippen LogP contribution in [0.25, 0.3) is 0 Å². The van der Waals surface area contributed by atoms with Crippen LogP contribution in [0.3, 0.4) is 0 Å². The Hall–Kier alpha value is -4.36. The van der Waals surface area contributed by atoms with E-state index in [4.69, 9.17) is 4.74 Å². The van der Waals surface area contributed by atoms with E-state index in [1.165, 1.54) is 29.2 Å². The molecule has 3 aromatic rings. The fourth-order valence-electron chi connectivity index (χ4n) is 4.25. The Bertz CT molecular complexity index is 1420. The molecule has 8 nitrogen and oxygen atoms in total. The maximum absolute atomic E-state index is 13.4. The lowest BCUT2D eigenvalue weighted by molar-refractivity contribution is -0.138. The van der Waals surface area contributed by atoms with Gasteiger partial charge >= 0.3 is 12.4 Å². The molecule has 0 radical (unpaired) electrons. The number of benzene rings is 2. The normalized spacial score (nSPS) is 15.7. The number of nitrogens with one attached hydrogen (secondary N) is 1. The Labute approximate surface area is 210 Å². The first-order valence-electron chi connectivity index (χ1n) is 11.2. The summed E-state index contributed by atoms with van der Waals surface area (Å²) in [7, 11) is 0. The quantitative estimate of drug-likeness (QED) is 0.471. The summed E-state index contributed by atoms with van der Waals surface area (Å²) >= 11 is 0. The highest BCUT2D eigenvalue weighted by atomic mass is 19.4. The van der Waals surface area contributed by atoms with E-state index in [9.17, 15) is 35.9 Å². The summed E-state index contributed by atoms with van der Waals surface area (Å²) in [5, 5.41) is 10.1. The Balaban J connectivity index is 1.33. The first-order valence-corrected chi connectivity index (χ1v) is 11.2. The number of anilines is 2. The fraction of sp³-hybridized carbons (Fsp3) is 0.250. The number of piperazine rings is 1. The Morgan fingerprint density at radius 1 is 0.868 bits per heavy atom. The van der Waals surface area contributed by atoms with Gasteiger partial charge in [-0.1, -0.05) is 18.2 Å². The van der Waals surface area contributed by atoms with E-state index in [0.717, 1.165) is 24.3 Å². The molecule has 0 unspecified atom stereocenters. The van der Waals surface area contributed by atoms with Gasteiger partial charge in [0.05, 0.1) is 22.4 Å². The molecule has 0 saturated carbocycles. The van der Waals surface area contributed by atoms with E-state index in [-0.39, 0.29) is 49.2 Å². The molecule has 0 spiro atoms. The second-order valence-electron chi connectivity index (χ2n) is 8.48. The monoisotopic (exact) mass is 537 g/mol. The highest BCUT2D eigenvalue weighted by Crippen LogP contribution is 2.43. The van der Waals surface area contributed by atoms with Gasteiger partial charge in [0.1, 0.15) is 5.56 Å². The predicted molar refractivity (Wildman–Crippen MR) is 121 cm³/mol. The Morgan fingerprint density at radius 2 is 1.53 bits per heavy atom. The zero-order valence-corrected chi connectivity index (χ0v) is 19.2. The van der Waals surface area contributed by atoms with Crippen molar-refractivity contribution < 1.29 is 40.7 Å². The van der Waals surface area contributed by atoms with Gasteiger partial charge in [0.2, 0.25) is 0 Å². The zero-order chi connectivity index (χ0) is 27.2. The van der Waals surface area contributed by atoms with Gasteiger partial charge in [0.25, 0.3) is 17.7 Å². The third kappa shape index (κ3) is 4.68. The number of halogens is 6. The number of amides is 2. The molecule has 1 aromatic heterocycles. The van der Waals surface area contributed by atoms with E-state index in [1.54, 1.807) is 4.90 Å². The van der Waals surface area contributed by atoms with Gasteiger partial charge in [-0.2, -0.15) is 26.3 Å². The average molecular weight is 537 g/mol. The molecule has 2 aliphatic rings. The summed E-state index contributed by atoms with van der Waals surface area (Å²) in [6.45, 7) is 0.447. The number of nitrogens with zero attached hydrogens (tertiary/aromatic N) is 4. The molecule has 2 aromatic carbocycles. The van der Waals surface area contributed by atoms with Gasteiger partial charge in [-0.05, 0) is 24.3 Å². The van der Waals surface area contributed by atoms with Crippen LogP contribution in [-0.4, -0.2) is 53.1 Å². The van der Waals surface area contributed by atoms with Crippen LogP contribution in [0.1, 0.15) is 31.8 Å². The van der Waals surface area contributed by atoms with Gasteiger partial charge in [-0.25, -0.2) is 0 Å². The molecule has 14 heteroatoms. The number of fused-ring (bicyclic) bond motifs is 2. The summed E-state index contributed by atoms with van der Waals surface area (Å²) in [5.74, 6) is -2.00. The molecule has 0 bridgehead atoms. The molecule has 1 N–H and O–H groups in total. The van der Waals surface area contributed by atoms with Crippen LogP contribution in [0.2, 0.25) is 0 Å². The first-order chi connectivity index (χ1) is 17.9. The molecule has 1 saturated heterocycles. The van der Waals surface area contributed by atoms with Gasteiger partial charge in [0.15, 0.2) is 11.6 Å². The topological polar surface area (TPSA) is 87.7 Å². The van der Waals surface area contributed by atoms with Crippen LogP contribution in [-0.2, 0) is 12.4 Å². The molecule has 0 aliphatic carbocycles. The van der Waals surface area contributed by atoms with Gasteiger partial charge in [-0.15, -0.1) is 10.2 Å². The van der Waals surface area contributed by atoms with Crippen LogP contribution in [0.5, 0.6) is 11.6 Å². The lowest BCUT2D eigenvalue weighted by atomic mass is 10.1. The summed E-state index contributed by atoms with van der Waals surface area (Å²) in [6.07, 6.45) is -9.43. The molecule has 3 heterocycles. The predicted octanol–water partition coefficient (Wildman–Crippen LogP) is 4.83. The van der Waals surface area contributed by atoms with Crippen LogP contribution >= 0.6 is 0 Å². The summed E-state index contributed by atoms with van der Waals surface area (Å²) < 4.78 is 85.7. The zero-order valence-electron chi connectivity index (χ0n) is 19.2. The van der Waals surface area contributed by atoms with Crippen molar-refractivity contribution in [3.8, 4) is 11.6 Å². The van der Waals surface area contributed by atoms with Crippen LogP contribution < -0.4 is 15.0 Å². The minimum absolute atomic E-state index is 0.0624. The highest BCUT2D eigenvalue weighted by molar-refractivity contribution is 6.08. The number of hydrogen-bond acceptors (Lipinski definition) is 6. The smallest absolute Gasteiger partial charge is 0.418 e. The van der Waals surface area contributed by atoms with E-state index < -0.39 is 46.5 Å². The maximum atomic E-state index is 13.4. The van der Waals surface area contributed by atoms with Crippen molar-refractivity contribution in [3.05, 3.63) is 70.8 Å². The second-order valence-corrected chi connectivity index (χ2v) is 8.48. The van der Waals surface area contributed by atoms with E-state index >= 15 is 0 Å². The summed E-state index contributed by atoms with van der Waals surface area (Å²) in [5.41, 5.74) is -3.26. The molecule has 5 rings (SSSR count). The molecule has 38 heavy (non-hydrogen) atoms. The van der Waals surface area contributed by atoms with E-state index in [2.05, 4.69) is 15.5 Å². The molecular weight excluding hydrogens is 520 g/mol. The lowest BCUT2D eigenvalue weighted by Gasteiger charge is -2.35. The molecule has 1 fully saturated rings.